The Kier molecular flexibility index (Phi) is 5.21. The highest BCUT2D eigenvalue weighted by atomic mass is 35.5. The van der Waals surface area contributed by atoms with Crippen LogP contribution in [0.1, 0.15) is 42.6 Å². The number of benzene rings is 1. The van der Waals surface area contributed by atoms with Gasteiger partial charge in [0.25, 0.3) is 0 Å². The van der Waals surface area contributed by atoms with Gasteiger partial charge in [-0.3, -0.25) is 0 Å². The van der Waals surface area contributed by atoms with Gasteiger partial charge in [0, 0.05) is 0 Å². The lowest BCUT2D eigenvalue weighted by atomic mass is 10.2. The predicted molar refractivity (Wildman–Crippen MR) is 87.7 cm³/mol. The molecule has 1 aromatic carbocycles. The molecule has 23 heavy (non-hydrogen) atoms. The summed E-state index contributed by atoms with van der Waals surface area (Å²) in [6, 6.07) is 9.55. The molecule has 0 fully saturated rings. The van der Waals surface area contributed by atoms with Crippen molar-refractivity contribution in [3.63, 3.8) is 0 Å². The van der Waals surface area contributed by atoms with Crippen molar-refractivity contribution < 1.29 is 14.3 Å². The van der Waals surface area contributed by atoms with Gasteiger partial charge in [-0.1, -0.05) is 41.9 Å². The second kappa shape index (κ2) is 6.96. The first-order chi connectivity index (χ1) is 10.8. The monoisotopic (exact) mass is 334 g/mol. The van der Waals surface area contributed by atoms with Gasteiger partial charge in [-0.05, 0) is 33.3 Å². The fourth-order valence-electron chi connectivity index (χ4n) is 1.85. The molecule has 0 atom stereocenters. The van der Waals surface area contributed by atoms with Crippen molar-refractivity contribution in [1.82, 2.24) is 9.97 Å². The van der Waals surface area contributed by atoms with Crippen molar-refractivity contribution in [1.29, 1.82) is 0 Å². The smallest absolute Gasteiger partial charge is 0.361 e. The van der Waals surface area contributed by atoms with Crippen molar-refractivity contribution in [2.45, 2.75) is 39.9 Å². The Hall–Kier alpha value is -2.14. The summed E-state index contributed by atoms with van der Waals surface area (Å²) in [6.07, 6.45) is 0. The van der Waals surface area contributed by atoms with Crippen molar-refractivity contribution in [2.24, 2.45) is 0 Å². The molecule has 0 aliphatic heterocycles. The Labute approximate surface area is 140 Å². The molecule has 0 radical (unpaired) electrons. The van der Waals surface area contributed by atoms with Crippen LogP contribution in [0.25, 0.3) is 0 Å². The first kappa shape index (κ1) is 17.2. The van der Waals surface area contributed by atoms with E-state index in [1.807, 2.05) is 30.3 Å². The minimum absolute atomic E-state index is 0.0355. The zero-order chi connectivity index (χ0) is 17.0. The third-order valence-corrected chi connectivity index (χ3v) is 3.01. The molecule has 122 valence electrons. The summed E-state index contributed by atoms with van der Waals surface area (Å²) in [6.45, 7) is 7.25. The summed E-state index contributed by atoms with van der Waals surface area (Å²) >= 11 is 6.13. The van der Waals surface area contributed by atoms with E-state index in [0.29, 0.717) is 5.82 Å². The van der Waals surface area contributed by atoms with Crippen LogP contribution in [-0.4, -0.2) is 21.5 Å². The van der Waals surface area contributed by atoms with Gasteiger partial charge in [0.05, 0.1) is 0 Å². The Balaban J connectivity index is 2.28. The number of aryl methyl sites for hydroxylation is 1. The molecule has 6 heteroatoms. The SMILES string of the molecule is Cc1nc(Cl)c(OCc2ccccc2)c(C(=O)OC(C)(C)C)n1. The number of rotatable bonds is 4. The number of carbonyl (C=O) groups is 1. The largest absolute Gasteiger partial charge is 0.483 e. The van der Waals surface area contributed by atoms with Crippen LogP contribution in [-0.2, 0) is 11.3 Å². The van der Waals surface area contributed by atoms with Crippen LogP contribution >= 0.6 is 11.6 Å². The normalized spacial score (nSPS) is 11.2. The molecule has 0 aliphatic rings. The Morgan fingerprint density at radius 1 is 1.17 bits per heavy atom. The van der Waals surface area contributed by atoms with Gasteiger partial charge in [0.15, 0.2) is 16.6 Å². The molecule has 2 rings (SSSR count). The van der Waals surface area contributed by atoms with Crippen LogP contribution in [0.4, 0.5) is 0 Å². The molecule has 0 spiro atoms. The molecule has 0 unspecified atom stereocenters. The number of hydrogen-bond donors (Lipinski definition) is 0. The number of aromatic nitrogens is 2. The highest BCUT2D eigenvalue weighted by Gasteiger charge is 2.25. The van der Waals surface area contributed by atoms with E-state index in [-0.39, 0.29) is 23.2 Å². The fourth-order valence-corrected chi connectivity index (χ4v) is 2.12. The number of hydrogen-bond acceptors (Lipinski definition) is 5. The summed E-state index contributed by atoms with van der Waals surface area (Å²) in [4.78, 5) is 20.5. The zero-order valence-electron chi connectivity index (χ0n) is 13.6. The van der Waals surface area contributed by atoms with Crippen LogP contribution in [0, 0.1) is 6.92 Å². The number of carbonyl (C=O) groups excluding carboxylic acids is 1. The molecule has 0 amide bonds. The van der Waals surface area contributed by atoms with Gasteiger partial charge in [0.1, 0.15) is 18.0 Å². The molecule has 0 N–H and O–H groups in total. The minimum Gasteiger partial charge on any atom is -0.483 e. The van der Waals surface area contributed by atoms with E-state index in [4.69, 9.17) is 21.1 Å². The molecular weight excluding hydrogens is 316 g/mol. The molecule has 0 bridgehead atoms. The maximum Gasteiger partial charge on any atom is 0.361 e. The maximum atomic E-state index is 12.3. The molecule has 0 aliphatic carbocycles. The van der Waals surface area contributed by atoms with E-state index in [9.17, 15) is 4.79 Å². The lowest BCUT2D eigenvalue weighted by molar-refractivity contribution is 0.00577. The minimum atomic E-state index is -0.640. The maximum absolute atomic E-state index is 12.3. The standard InChI is InChI=1S/C17H19ClN2O3/c1-11-19-13(16(21)23-17(2,3)4)14(15(18)20-11)22-10-12-8-6-5-7-9-12/h5-9H,10H2,1-4H3. The second-order valence-electron chi connectivity index (χ2n) is 6.02. The zero-order valence-corrected chi connectivity index (χ0v) is 14.3. The van der Waals surface area contributed by atoms with Gasteiger partial charge >= 0.3 is 5.97 Å². The van der Waals surface area contributed by atoms with Crippen LogP contribution in [0.2, 0.25) is 5.15 Å². The van der Waals surface area contributed by atoms with Gasteiger partial charge in [-0.2, -0.15) is 0 Å². The average molecular weight is 335 g/mol. The Bertz CT molecular complexity index is 697. The molecular formula is C17H19ClN2O3. The summed E-state index contributed by atoms with van der Waals surface area (Å²) in [7, 11) is 0. The average Bonchev–Trinajstić information content (AvgIpc) is 2.45. The molecule has 2 aromatic rings. The Morgan fingerprint density at radius 3 is 2.43 bits per heavy atom. The lowest BCUT2D eigenvalue weighted by Crippen LogP contribution is -2.25. The first-order valence-electron chi connectivity index (χ1n) is 7.20. The summed E-state index contributed by atoms with van der Waals surface area (Å²) in [5, 5.41) is 0.0919. The predicted octanol–water partition coefficient (Wildman–Crippen LogP) is 3.97. The molecule has 1 heterocycles. The molecule has 1 aromatic heterocycles. The topological polar surface area (TPSA) is 61.3 Å². The van der Waals surface area contributed by atoms with Crippen LogP contribution in [0.15, 0.2) is 30.3 Å². The number of halogens is 1. The van der Waals surface area contributed by atoms with E-state index in [2.05, 4.69) is 9.97 Å². The van der Waals surface area contributed by atoms with E-state index in [1.54, 1.807) is 27.7 Å². The van der Waals surface area contributed by atoms with E-state index >= 15 is 0 Å². The molecule has 0 saturated carbocycles. The molecule has 5 nitrogen and oxygen atoms in total. The van der Waals surface area contributed by atoms with Gasteiger partial charge in [-0.25, -0.2) is 14.8 Å². The third kappa shape index (κ3) is 4.93. The number of nitrogens with zero attached hydrogens (tertiary/aromatic N) is 2. The van der Waals surface area contributed by atoms with Crippen molar-refractivity contribution >= 4 is 17.6 Å². The summed E-state index contributed by atoms with van der Waals surface area (Å²) in [5.41, 5.74) is 0.340. The van der Waals surface area contributed by atoms with E-state index in [1.165, 1.54) is 0 Å². The van der Waals surface area contributed by atoms with E-state index < -0.39 is 11.6 Å². The van der Waals surface area contributed by atoms with E-state index in [0.717, 1.165) is 5.56 Å². The second-order valence-corrected chi connectivity index (χ2v) is 6.37. The van der Waals surface area contributed by atoms with Crippen LogP contribution in [0.5, 0.6) is 5.75 Å². The Morgan fingerprint density at radius 2 is 1.83 bits per heavy atom. The summed E-state index contributed by atoms with van der Waals surface area (Å²) in [5.74, 6) is -0.0775. The number of ether oxygens (including phenoxy) is 2. The van der Waals surface area contributed by atoms with Gasteiger partial charge in [0.2, 0.25) is 0 Å². The first-order valence-corrected chi connectivity index (χ1v) is 7.58. The fraction of sp³-hybridized carbons (Fsp3) is 0.353. The van der Waals surface area contributed by atoms with Crippen molar-refractivity contribution in [3.05, 3.63) is 52.6 Å². The molecule has 0 saturated heterocycles. The van der Waals surface area contributed by atoms with Gasteiger partial charge in [-0.15, -0.1) is 0 Å². The van der Waals surface area contributed by atoms with Crippen LogP contribution < -0.4 is 4.74 Å². The third-order valence-electron chi connectivity index (χ3n) is 2.75. The number of esters is 1. The van der Waals surface area contributed by atoms with Gasteiger partial charge < -0.3 is 9.47 Å². The lowest BCUT2D eigenvalue weighted by Gasteiger charge is -2.20. The summed E-state index contributed by atoms with van der Waals surface area (Å²) < 4.78 is 11.0. The van der Waals surface area contributed by atoms with Crippen molar-refractivity contribution in [3.8, 4) is 5.75 Å². The van der Waals surface area contributed by atoms with Crippen LogP contribution in [0.3, 0.4) is 0 Å². The quantitative estimate of drug-likeness (QED) is 0.625. The van der Waals surface area contributed by atoms with Crippen molar-refractivity contribution in [2.75, 3.05) is 0 Å². The highest BCUT2D eigenvalue weighted by molar-refractivity contribution is 6.31. The highest BCUT2D eigenvalue weighted by Crippen LogP contribution is 2.28.